The van der Waals surface area contributed by atoms with E-state index in [4.69, 9.17) is 19.7 Å². The number of hydrogen-bond acceptors (Lipinski definition) is 6. The lowest BCUT2D eigenvalue weighted by molar-refractivity contribution is 0.0409. The normalized spacial score (nSPS) is 15.6. The standard InChI is InChI=1S/C21H23N3O3.ClH/c22-15-21(10-12-25-13-11-21)20-23-19(24-27-20)17-6-8-18(9-7-17)26-14-16-4-2-1-3-5-16;/h1-9H,10-15,22H2;1H. The van der Waals surface area contributed by atoms with Crippen molar-refractivity contribution in [1.29, 1.82) is 0 Å². The third kappa shape index (κ3) is 4.35. The van der Waals surface area contributed by atoms with Gasteiger partial charge in [0.15, 0.2) is 0 Å². The Hall–Kier alpha value is -2.41. The highest BCUT2D eigenvalue weighted by Gasteiger charge is 2.38. The van der Waals surface area contributed by atoms with Crippen molar-refractivity contribution in [2.24, 2.45) is 5.73 Å². The summed E-state index contributed by atoms with van der Waals surface area (Å²) >= 11 is 0. The molecule has 2 aromatic carbocycles. The van der Waals surface area contributed by atoms with Crippen LogP contribution in [0.15, 0.2) is 59.1 Å². The topological polar surface area (TPSA) is 83.4 Å². The Morgan fingerprint density at radius 2 is 1.71 bits per heavy atom. The predicted molar refractivity (Wildman–Crippen MR) is 109 cm³/mol. The van der Waals surface area contributed by atoms with Gasteiger partial charge in [0, 0.05) is 25.3 Å². The largest absolute Gasteiger partial charge is 0.489 e. The predicted octanol–water partition coefficient (Wildman–Crippen LogP) is 3.74. The summed E-state index contributed by atoms with van der Waals surface area (Å²) in [5.74, 6) is 1.97. The number of benzene rings is 2. The van der Waals surface area contributed by atoms with E-state index in [-0.39, 0.29) is 17.8 Å². The van der Waals surface area contributed by atoms with Gasteiger partial charge in [-0.2, -0.15) is 4.98 Å². The first kappa shape index (κ1) is 20.3. The summed E-state index contributed by atoms with van der Waals surface area (Å²) in [6, 6.07) is 17.8. The van der Waals surface area contributed by atoms with Gasteiger partial charge in [-0.3, -0.25) is 0 Å². The van der Waals surface area contributed by atoms with E-state index >= 15 is 0 Å². The number of aromatic nitrogens is 2. The first-order valence-electron chi connectivity index (χ1n) is 9.18. The summed E-state index contributed by atoms with van der Waals surface area (Å²) in [5.41, 5.74) is 7.76. The number of nitrogens with two attached hydrogens (primary N) is 1. The Morgan fingerprint density at radius 3 is 2.39 bits per heavy atom. The molecule has 3 aromatic rings. The molecule has 0 amide bonds. The summed E-state index contributed by atoms with van der Waals surface area (Å²) in [7, 11) is 0. The zero-order valence-electron chi connectivity index (χ0n) is 15.5. The van der Waals surface area contributed by atoms with Gasteiger partial charge in [-0.15, -0.1) is 12.4 Å². The molecule has 0 unspecified atom stereocenters. The van der Waals surface area contributed by atoms with Crippen LogP contribution >= 0.6 is 12.4 Å². The molecule has 0 aliphatic carbocycles. The van der Waals surface area contributed by atoms with Crippen molar-refractivity contribution in [2.75, 3.05) is 19.8 Å². The monoisotopic (exact) mass is 401 g/mol. The summed E-state index contributed by atoms with van der Waals surface area (Å²) in [4.78, 5) is 4.62. The molecule has 1 fully saturated rings. The highest BCUT2D eigenvalue weighted by Crippen LogP contribution is 2.34. The van der Waals surface area contributed by atoms with E-state index in [0.29, 0.717) is 38.1 Å². The number of hydrogen-bond donors (Lipinski definition) is 1. The minimum absolute atomic E-state index is 0. The van der Waals surface area contributed by atoms with Gasteiger partial charge in [-0.25, -0.2) is 0 Å². The van der Waals surface area contributed by atoms with Crippen molar-refractivity contribution >= 4 is 12.4 Å². The van der Waals surface area contributed by atoms with Crippen molar-refractivity contribution in [2.45, 2.75) is 24.9 Å². The quantitative estimate of drug-likeness (QED) is 0.677. The highest BCUT2D eigenvalue weighted by atomic mass is 35.5. The van der Waals surface area contributed by atoms with Crippen LogP contribution in [0.2, 0.25) is 0 Å². The van der Waals surface area contributed by atoms with Gasteiger partial charge >= 0.3 is 0 Å². The summed E-state index contributed by atoms with van der Waals surface area (Å²) < 4.78 is 16.8. The van der Waals surface area contributed by atoms with Crippen LogP contribution in [0, 0.1) is 0 Å². The van der Waals surface area contributed by atoms with Gasteiger partial charge in [-0.1, -0.05) is 35.5 Å². The van der Waals surface area contributed by atoms with Crippen molar-refractivity contribution in [3.05, 3.63) is 66.1 Å². The number of halogens is 1. The molecule has 2 heterocycles. The SMILES string of the molecule is Cl.NCC1(c2nc(-c3ccc(OCc4ccccc4)cc3)no2)CCOCC1. The molecule has 1 aliphatic heterocycles. The first-order valence-corrected chi connectivity index (χ1v) is 9.18. The van der Waals surface area contributed by atoms with Crippen molar-refractivity contribution in [1.82, 2.24) is 10.1 Å². The third-order valence-corrected chi connectivity index (χ3v) is 5.08. The van der Waals surface area contributed by atoms with Crippen LogP contribution in [-0.4, -0.2) is 29.9 Å². The van der Waals surface area contributed by atoms with Gasteiger partial charge in [0.25, 0.3) is 0 Å². The first-order chi connectivity index (χ1) is 13.3. The highest BCUT2D eigenvalue weighted by molar-refractivity contribution is 5.85. The molecule has 28 heavy (non-hydrogen) atoms. The Bertz CT molecular complexity index is 862. The summed E-state index contributed by atoms with van der Waals surface area (Å²) in [5, 5.41) is 4.15. The van der Waals surface area contributed by atoms with Crippen LogP contribution < -0.4 is 10.5 Å². The van der Waals surface area contributed by atoms with Gasteiger partial charge in [0.2, 0.25) is 11.7 Å². The average molecular weight is 402 g/mol. The molecule has 1 aromatic heterocycles. The maximum atomic E-state index is 6.02. The van der Waals surface area contributed by atoms with Crippen LogP contribution in [0.3, 0.4) is 0 Å². The Balaban J connectivity index is 0.00000225. The summed E-state index contributed by atoms with van der Waals surface area (Å²) in [6.07, 6.45) is 1.61. The molecule has 0 saturated carbocycles. The zero-order chi connectivity index (χ0) is 18.5. The van der Waals surface area contributed by atoms with Crippen molar-refractivity contribution in [3.8, 4) is 17.1 Å². The Morgan fingerprint density at radius 1 is 1.00 bits per heavy atom. The molecular weight excluding hydrogens is 378 g/mol. The van der Waals surface area contributed by atoms with E-state index < -0.39 is 0 Å². The molecule has 148 valence electrons. The second-order valence-corrected chi connectivity index (χ2v) is 6.82. The van der Waals surface area contributed by atoms with E-state index in [1.807, 2.05) is 54.6 Å². The molecular formula is C21H24ClN3O3. The second kappa shape index (κ2) is 9.19. The number of rotatable bonds is 6. The Kier molecular flexibility index (Phi) is 6.67. The fourth-order valence-electron chi connectivity index (χ4n) is 3.26. The van der Waals surface area contributed by atoms with Crippen LogP contribution in [0.25, 0.3) is 11.4 Å². The minimum Gasteiger partial charge on any atom is -0.489 e. The number of ether oxygens (including phenoxy) is 2. The molecule has 0 radical (unpaired) electrons. The van der Waals surface area contributed by atoms with Gasteiger partial charge in [0.1, 0.15) is 12.4 Å². The van der Waals surface area contributed by atoms with Gasteiger partial charge in [-0.05, 0) is 42.7 Å². The van der Waals surface area contributed by atoms with E-state index in [9.17, 15) is 0 Å². The molecule has 1 saturated heterocycles. The molecule has 1 aliphatic rings. The van der Waals surface area contributed by atoms with E-state index in [1.54, 1.807) is 0 Å². The fourth-order valence-corrected chi connectivity index (χ4v) is 3.26. The fraction of sp³-hybridized carbons (Fsp3) is 0.333. The lowest BCUT2D eigenvalue weighted by atomic mass is 9.80. The van der Waals surface area contributed by atoms with Gasteiger partial charge in [0.05, 0.1) is 5.41 Å². The molecule has 4 rings (SSSR count). The summed E-state index contributed by atoms with van der Waals surface area (Å²) in [6.45, 7) is 2.35. The van der Waals surface area contributed by atoms with Crippen LogP contribution in [0.1, 0.15) is 24.3 Å². The smallest absolute Gasteiger partial charge is 0.234 e. The maximum absolute atomic E-state index is 6.02. The van der Waals surface area contributed by atoms with Crippen LogP contribution in [0.5, 0.6) is 5.75 Å². The minimum atomic E-state index is -0.276. The molecule has 0 bridgehead atoms. The van der Waals surface area contributed by atoms with Crippen LogP contribution in [0.4, 0.5) is 0 Å². The molecule has 2 N–H and O–H groups in total. The van der Waals surface area contributed by atoms with Crippen molar-refractivity contribution < 1.29 is 14.0 Å². The number of nitrogens with zero attached hydrogens (tertiary/aromatic N) is 2. The third-order valence-electron chi connectivity index (χ3n) is 5.08. The molecule has 6 nitrogen and oxygen atoms in total. The van der Waals surface area contributed by atoms with E-state index in [2.05, 4.69) is 10.1 Å². The lowest BCUT2D eigenvalue weighted by Gasteiger charge is -2.32. The average Bonchev–Trinajstić information content (AvgIpc) is 3.25. The van der Waals surface area contributed by atoms with Gasteiger partial charge < -0.3 is 19.7 Å². The van der Waals surface area contributed by atoms with E-state index in [1.165, 1.54) is 0 Å². The molecule has 7 heteroatoms. The van der Waals surface area contributed by atoms with Crippen LogP contribution in [-0.2, 0) is 16.8 Å². The second-order valence-electron chi connectivity index (χ2n) is 6.82. The van der Waals surface area contributed by atoms with E-state index in [0.717, 1.165) is 29.7 Å². The molecule has 0 spiro atoms. The van der Waals surface area contributed by atoms with Crippen molar-refractivity contribution in [3.63, 3.8) is 0 Å². The lowest BCUT2D eigenvalue weighted by Crippen LogP contribution is -2.40. The molecule has 0 atom stereocenters. The maximum Gasteiger partial charge on any atom is 0.234 e. The zero-order valence-corrected chi connectivity index (χ0v) is 16.4. The Labute approximate surface area is 170 Å².